The highest BCUT2D eigenvalue weighted by atomic mass is 16.5. The van der Waals surface area contributed by atoms with E-state index >= 15 is 0 Å². The highest BCUT2D eigenvalue weighted by molar-refractivity contribution is 6.13. The predicted octanol–water partition coefficient (Wildman–Crippen LogP) is -0.00580. The van der Waals surface area contributed by atoms with Gasteiger partial charge in [0.2, 0.25) is 5.91 Å². The normalized spacial score (nSPS) is 23.0. The number of hydrogen-bond donors (Lipinski definition) is 1. The highest BCUT2D eigenvalue weighted by Crippen LogP contribution is 2.10. The second-order valence-corrected chi connectivity index (χ2v) is 2.69. The number of nitrogens with one attached hydrogen (secondary N) is 1. The average Bonchev–Trinajstić information content (AvgIpc) is 2.30. The number of ether oxygens (including phenoxy) is 1. The fourth-order valence-electron chi connectivity index (χ4n) is 0.990. The Morgan fingerprint density at radius 2 is 2.25 bits per heavy atom. The molecule has 1 fully saturated rings. The molecule has 1 aliphatic rings. The van der Waals surface area contributed by atoms with Gasteiger partial charge in [-0.25, -0.2) is 0 Å². The topological polar surface area (TPSA) is 55.4 Å². The van der Waals surface area contributed by atoms with Crippen molar-refractivity contribution >= 4 is 11.8 Å². The summed E-state index contributed by atoms with van der Waals surface area (Å²) < 4.78 is 4.93. The zero-order chi connectivity index (χ0) is 9.14. The first kappa shape index (κ1) is 8.93. The number of carbonyl (C=O) groups is 2. The van der Waals surface area contributed by atoms with Gasteiger partial charge in [0.1, 0.15) is 0 Å². The van der Waals surface area contributed by atoms with E-state index in [0.29, 0.717) is 5.57 Å². The third-order valence-corrected chi connectivity index (χ3v) is 1.70. The van der Waals surface area contributed by atoms with E-state index < -0.39 is 0 Å². The Hall–Kier alpha value is -1.16. The molecule has 0 aromatic heterocycles. The van der Waals surface area contributed by atoms with E-state index in [0.717, 1.165) is 0 Å². The summed E-state index contributed by atoms with van der Waals surface area (Å²) in [6.45, 7) is 1.81. The summed E-state index contributed by atoms with van der Waals surface area (Å²) in [5.74, 6) is -0.543. The largest absolute Gasteiger partial charge is 0.378 e. The fourth-order valence-corrected chi connectivity index (χ4v) is 0.990. The minimum atomic E-state index is -0.302. The van der Waals surface area contributed by atoms with E-state index in [-0.39, 0.29) is 24.3 Å². The van der Waals surface area contributed by atoms with Gasteiger partial charge in [-0.2, -0.15) is 0 Å². The van der Waals surface area contributed by atoms with Crippen molar-refractivity contribution < 1.29 is 14.3 Å². The molecule has 1 N–H and O–H groups in total. The lowest BCUT2D eigenvalue weighted by atomic mass is 10.2. The van der Waals surface area contributed by atoms with Crippen LogP contribution < -0.4 is 5.32 Å². The summed E-state index contributed by atoms with van der Waals surface area (Å²) in [5.41, 5.74) is 0.495. The Balaban J connectivity index is 2.69. The van der Waals surface area contributed by atoms with Crippen LogP contribution in [0.5, 0.6) is 0 Å². The predicted molar refractivity (Wildman–Crippen MR) is 42.3 cm³/mol. The standard InChI is InChI=1S/C8H11NO3/c1-5(12-2)3-6-4-7(10)9-8(6)11/h3,5H,4H2,1-2H3,(H,9,10,11)/b6-3-. The molecule has 0 saturated carbocycles. The van der Waals surface area contributed by atoms with Crippen LogP contribution in [0.2, 0.25) is 0 Å². The van der Waals surface area contributed by atoms with Crippen molar-refractivity contribution in [3.8, 4) is 0 Å². The van der Waals surface area contributed by atoms with Crippen LogP contribution in [0, 0.1) is 0 Å². The summed E-state index contributed by atoms with van der Waals surface area (Å²) in [6, 6.07) is 0. The van der Waals surface area contributed by atoms with E-state index in [1.807, 2.05) is 6.92 Å². The van der Waals surface area contributed by atoms with Gasteiger partial charge in [-0.1, -0.05) is 0 Å². The molecule has 66 valence electrons. The van der Waals surface area contributed by atoms with Gasteiger partial charge in [-0.3, -0.25) is 14.9 Å². The monoisotopic (exact) mass is 169 g/mol. The van der Waals surface area contributed by atoms with E-state index in [2.05, 4.69) is 5.32 Å². The highest BCUT2D eigenvalue weighted by Gasteiger charge is 2.23. The lowest BCUT2D eigenvalue weighted by Crippen LogP contribution is -2.19. The Labute approximate surface area is 70.6 Å². The minimum Gasteiger partial charge on any atom is -0.378 e. The van der Waals surface area contributed by atoms with Crippen molar-refractivity contribution in [2.24, 2.45) is 0 Å². The first-order valence-corrected chi connectivity index (χ1v) is 3.71. The summed E-state index contributed by atoms with van der Waals surface area (Å²) in [7, 11) is 1.55. The quantitative estimate of drug-likeness (QED) is 0.467. The Morgan fingerprint density at radius 1 is 1.58 bits per heavy atom. The molecule has 0 aromatic rings. The molecule has 2 amide bonds. The lowest BCUT2D eigenvalue weighted by Gasteiger charge is -2.02. The van der Waals surface area contributed by atoms with Crippen molar-refractivity contribution in [3.63, 3.8) is 0 Å². The van der Waals surface area contributed by atoms with Crippen LogP contribution in [-0.2, 0) is 14.3 Å². The molecule has 1 atom stereocenters. The van der Waals surface area contributed by atoms with Crippen molar-refractivity contribution in [2.45, 2.75) is 19.4 Å². The van der Waals surface area contributed by atoms with Crippen molar-refractivity contribution in [3.05, 3.63) is 11.6 Å². The first-order chi connectivity index (χ1) is 5.63. The van der Waals surface area contributed by atoms with Crippen molar-refractivity contribution in [2.75, 3.05) is 7.11 Å². The van der Waals surface area contributed by atoms with Crippen LogP contribution >= 0.6 is 0 Å². The molecule has 0 aromatic carbocycles. The van der Waals surface area contributed by atoms with Gasteiger partial charge < -0.3 is 4.74 Å². The molecule has 0 radical (unpaired) electrons. The smallest absolute Gasteiger partial charge is 0.254 e. The number of rotatable bonds is 2. The molecule has 0 spiro atoms. The zero-order valence-electron chi connectivity index (χ0n) is 7.09. The van der Waals surface area contributed by atoms with Crippen molar-refractivity contribution in [1.82, 2.24) is 5.32 Å². The van der Waals surface area contributed by atoms with Crippen LogP contribution in [0.15, 0.2) is 11.6 Å². The fraction of sp³-hybridized carbons (Fsp3) is 0.500. The summed E-state index contributed by atoms with van der Waals surface area (Å²) in [5, 5.41) is 2.19. The van der Waals surface area contributed by atoms with E-state index in [1.165, 1.54) is 0 Å². The third-order valence-electron chi connectivity index (χ3n) is 1.70. The average molecular weight is 169 g/mol. The molecule has 4 nitrogen and oxygen atoms in total. The number of methoxy groups -OCH3 is 1. The molecule has 1 aliphatic heterocycles. The molecule has 1 heterocycles. The third kappa shape index (κ3) is 1.92. The number of imide groups is 1. The van der Waals surface area contributed by atoms with Crippen LogP contribution in [0.1, 0.15) is 13.3 Å². The van der Waals surface area contributed by atoms with Gasteiger partial charge >= 0.3 is 0 Å². The summed E-state index contributed by atoms with van der Waals surface area (Å²) in [6.07, 6.45) is 1.70. The zero-order valence-corrected chi connectivity index (χ0v) is 7.09. The molecular formula is C8H11NO3. The van der Waals surface area contributed by atoms with Crippen LogP contribution in [-0.4, -0.2) is 25.0 Å². The maximum absolute atomic E-state index is 11.0. The minimum absolute atomic E-state index is 0.128. The van der Waals surface area contributed by atoms with Gasteiger partial charge in [0.25, 0.3) is 5.91 Å². The van der Waals surface area contributed by atoms with E-state index in [9.17, 15) is 9.59 Å². The molecule has 1 saturated heterocycles. The summed E-state index contributed by atoms with van der Waals surface area (Å²) in [4.78, 5) is 21.7. The number of hydrogen-bond acceptors (Lipinski definition) is 3. The number of carbonyl (C=O) groups excluding carboxylic acids is 2. The van der Waals surface area contributed by atoms with Crippen LogP contribution in [0.4, 0.5) is 0 Å². The Morgan fingerprint density at radius 3 is 2.67 bits per heavy atom. The van der Waals surface area contributed by atoms with Gasteiger partial charge in [0.05, 0.1) is 12.5 Å². The molecule has 0 bridgehead atoms. The van der Waals surface area contributed by atoms with Crippen molar-refractivity contribution in [1.29, 1.82) is 0 Å². The summed E-state index contributed by atoms with van der Waals surface area (Å²) >= 11 is 0. The van der Waals surface area contributed by atoms with Gasteiger partial charge in [0, 0.05) is 12.7 Å². The molecule has 4 heteroatoms. The Bertz CT molecular complexity index is 245. The van der Waals surface area contributed by atoms with Crippen LogP contribution in [0.3, 0.4) is 0 Å². The molecule has 0 aliphatic carbocycles. The first-order valence-electron chi connectivity index (χ1n) is 3.71. The van der Waals surface area contributed by atoms with E-state index in [4.69, 9.17) is 4.74 Å². The van der Waals surface area contributed by atoms with E-state index in [1.54, 1.807) is 13.2 Å². The molecular weight excluding hydrogens is 158 g/mol. The second-order valence-electron chi connectivity index (χ2n) is 2.69. The Kier molecular flexibility index (Phi) is 2.60. The molecule has 1 unspecified atom stereocenters. The maximum Gasteiger partial charge on any atom is 0.254 e. The number of amides is 2. The van der Waals surface area contributed by atoms with Gasteiger partial charge in [-0.15, -0.1) is 0 Å². The SMILES string of the molecule is COC(C)/C=C1/CC(=O)NC1=O. The maximum atomic E-state index is 11.0. The molecule has 12 heavy (non-hydrogen) atoms. The van der Waals surface area contributed by atoms with Gasteiger partial charge in [-0.05, 0) is 13.0 Å². The van der Waals surface area contributed by atoms with Crippen LogP contribution in [0.25, 0.3) is 0 Å². The lowest BCUT2D eigenvalue weighted by molar-refractivity contribution is -0.124. The second kappa shape index (κ2) is 3.49. The molecule has 1 rings (SSSR count). The van der Waals surface area contributed by atoms with Gasteiger partial charge in [0.15, 0.2) is 0 Å².